The number of aliphatic hydroxyl groups excluding tert-OH is 1. The number of nitrogen functional groups attached to an aromatic ring is 1. The van der Waals surface area contributed by atoms with Gasteiger partial charge in [0.1, 0.15) is 18.2 Å². The van der Waals surface area contributed by atoms with Gasteiger partial charge in [-0.2, -0.15) is 0 Å². The third-order valence-electron chi connectivity index (χ3n) is 3.39. The number of nitrogens with two attached hydrogens (primary N) is 1. The van der Waals surface area contributed by atoms with Crippen molar-refractivity contribution in [3.05, 3.63) is 58.6 Å². The van der Waals surface area contributed by atoms with Gasteiger partial charge in [-0.3, -0.25) is 5.41 Å². The van der Waals surface area contributed by atoms with Gasteiger partial charge in [0.05, 0.1) is 6.61 Å². The molecule has 0 aromatic heterocycles. The van der Waals surface area contributed by atoms with Gasteiger partial charge in [-0.15, -0.1) is 0 Å². The van der Waals surface area contributed by atoms with Crippen LogP contribution in [0.2, 0.25) is 5.02 Å². The van der Waals surface area contributed by atoms with Crippen molar-refractivity contribution in [2.75, 3.05) is 18.5 Å². The summed E-state index contributed by atoms with van der Waals surface area (Å²) in [5, 5.41) is 29.2. The van der Waals surface area contributed by atoms with Crippen LogP contribution in [-0.2, 0) is 4.79 Å². The summed E-state index contributed by atoms with van der Waals surface area (Å²) >= 11 is 6.00. The fraction of sp³-hybridized carbons (Fsp3) is 0.176. The molecule has 0 amide bonds. The monoisotopic (exact) mass is 387 g/mol. The first-order valence-corrected chi connectivity index (χ1v) is 7.77. The SMILES string of the molecule is N=C(N)c1ccc(NC(C(=O)O)c2cc(Cl)ccc2OCCO)cc1.[Li+].[OH-]. The number of amidine groups is 1. The molecule has 7 N–H and O–H groups in total. The molecule has 0 spiro atoms. The maximum Gasteiger partial charge on any atom is 1.00 e. The van der Waals surface area contributed by atoms with Crippen molar-refractivity contribution in [1.82, 2.24) is 0 Å². The van der Waals surface area contributed by atoms with Crippen molar-refractivity contribution in [1.29, 1.82) is 5.41 Å². The maximum absolute atomic E-state index is 11.8. The molecular weight excluding hydrogens is 369 g/mol. The molecular formula is C17H19ClLiN3O5. The summed E-state index contributed by atoms with van der Waals surface area (Å²) in [6.45, 7) is -0.159. The average molecular weight is 388 g/mol. The smallest absolute Gasteiger partial charge is 0.870 e. The Morgan fingerprint density at radius 3 is 2.41 bits per heavy atom. The van der Waals surface area contributed by atoms with Crippen LogP contribution in [0, 0.1) is 5.41 Å². The van der Waals surface area contributed by atoms with Gasteiger partial charge in [-0.25, -0.2) is 4.79 Å². The number of benzene rings is 2. The number of aliphatic carboxylic acids is 1. The second kappa shape index (κ2) is 11.5. The van der Waals surface area contributed by atoms with E-state index in [1.165, 1.54) is 6.07 Å². The van der Waals surface area contributed by atoms with Crippen LogP contribution < -0.4 is 34.6 Å². The summed E-state index contributed by atoms with van der Waals surface area (Å²) < 4.78 is 5.40. The molecule has 0 aliphatic heterocycles. The van der Waals surface area contributed by atoms with Crippen molar-refractivity contribution in [2.24, 2.45) is 5.73 Å². The van der Waals surface area contributed by atoms with Crippen LogP contribution in [0.4, 0.5) is 5.69 Å². The van der Waals surface area contributed by atoms with Crippen molar-refractivity contribution >= 4 is 29.1 Å². The van der Waals surface area contributed by atoms with E-state index in [1.54, 1.807) is 36.4 Å². The molecule has 0 aliphatic carbocycles. The third-order valence-corrected chi connectivity index (χ3v) is 3.62. The molecule has 2 aromatic rings. The van der Waals surface area contributed by atoms with E-state index < -0.39 is 12.0 Å². The number of ether oxygens (including phenoxy) is 1. The Morgan fingerprint density at radius 2 is 1.89 bits per heavy atom. The van der Waals surface area contributed by atoms with Gasteiger partial charge in [0.2, 0.25) is 0 Å². The number of carboxylic acids is 1. The van der Waals surface area contributed by atoms with Gasteiger partial charge in [0, 0.05) is 21.8 Å². The minimum Gasteiger partial charge on any atom is -0.870 e. The number of carboxylic acid groups (broad SMARTS) is 1. The van der Waals surface area contributed by atoms with Crippen LogP contribution in [0.25, 0.3) is 0 Å². The number of hydrogen-bond donors (Lipinski definition) is 5. The average Bonchev–Trinajstić information content (AvgIpc) is 2.58. The molecule has 10 heteroatoms. The van der Waals surface area contributed by atoms with Crippen LogP contribution in [0.5, 0.6) is 5.75 Å². The van der Waals surface area contributed by atoms with Crippen LogP contribution in [0.3, 0.4) is 0 Å². The summed E-state index contributed by atoms with van der Waals surface area (Å²) in [5.41, 5.74) is 6.81. The molecule has 0 radical (unpaired) electrons. The topological polar surface area (TPSA) is 159 Å². The van der Waals surface area contributed by atoms with Crippen LogP contribution in [-0.4, -0.2) is 40.7 Å². The normalized spacial score (nSPS) is 10.7. The summed E-state index contributed by atoms with van der Waals surface area (Å²) in [4.78, 5) is 11.8. The predicted molar refractivity (Wildman–Crippen MR) is 97.4 cm³/mol. The van der Waals surface area contributed by atoms with Crippen LogP contribution in [0.15, 0.2) is 42.5 Å². The van der Waals surface area contributed by atoms with Crippen LogP contribution >= 0.6 is 11.6 Å². The summed E-state index contributed by atoms with van der Waals surface area (Å²) in [5.74, 6) is -0.874. The molecule has 0 fully saturated rings. The Balaban J connectivity index is 0.00000338. The number of halogens is 1. The molecule has 1 atom stereocenters. The van der Waals surface area contributed by atoms with E-state index in [-0.39, 0.29) is 43.4 Å². The van der Waals surface area contributed by atoms with Crippen LogP contribution in [0.1, 0.15) is 17.2 Å². The number of anilines is 1. The Hall–Kier alpha value is -2.21. The fourth-order valence-electron chi connectivity index (χ4n) is 2.22. The van der Waals surface area contributed by atoms with Gasteiger partial charge < -0.3 is 31.5 Å². The predicted octanol–water partition coefficient (Wildman–Crippen LogP) is -0.940. The Morgan fingerprint density at radius 1 is 1.26 bits per heavy atom. The van der Waals surface area contributed by atoms with E-state index in [2.05, 4.69) is 5.32 Å². The minimum atomic E-state index is -1.12. The number of hydrogen-bond acceptors (Lipinski definition) is 6. The number of rotatable bonds is 8. The Kier molecular flexibility index (Phi) is 10.5. The second-order valence-electron chi connectivity index (χ2n) is 5.16. The largest absolute Gasteiger partial charge is 1.00 e. The molecule has 0 saturated heterocycles. The zero-order valence-corrected chi connectivity index (χ0v) is 15.4. The quantitative estimate of drug-likeness (QED) is 0.222. The van der Waals surface area contributed by atoms with E-state index in [0.717, 1.165) is 0 Å². The number of nitrogens with one attached hydrogen (secondary N) is 2. The molecule has 0 bridgehead atoms. The van der Waals surface area contributed by atoms with E-state index >= 15 is 0 Å². The molecule has 27 heavy (non-hydrogen) atoms. The first-order chi connectivity index (χ1) is 11.9. The van der Waals surface area contributed by atoms with Gasteiger partial charge in [0.15, 0.2) is 6.04 Å². The molecule has 0 heterocycles. The minimum absolute atomic E-state index is 0. The molecule has 2 rings (SSSR count). The third kappa shape index (κ3) is 6.79. The van der Waals surface area contributed by atoms with Gasteiger partial charge in [-0.05, 0) is 42.5 Å². The zero-order chi connectivity index (χ0) is 18.4. The Bertz CT molecular complexity index is 774. The molecule has 0 saturated carbocycles. The van der Waals surface area contributed by atoms with E-state index in [0.29, 0.717) is 27.6 Å². The van der Waals surface area contributed by atoms with Gasteiger partial charge in [0.25, 0.3) is 0 Å². The molecule has 1 unspecified atom stereocenters. The number of aliphatic hydroxyl groups is 1. The first-order valence-electron chi connectivity index (χ1n) is 7.39. The van der Waals surface area contributed by atoms with Crippen molar-refractivity contribution in [2.45, 2.75) is 6.04 Å². The van der Waals surface area contributed by atoms with Gasteiger partial charge in [-0.1, -0.05) is 11.6 Å². The summed E-state index contributed by atoms with van der Waals surface area (Å²) in [7, 11) is 0. The van der Waals surface area contributed by atoms with Crippen molar-refractivity contribution in [3.63, 3.8) is 0 Å². The number of carbonyl (C=O) groups is 1. The molecule has 8 nitrogen and oxygen atoms in total. The summed E-state index contributed by atoms with van der Waals surface area (Å²) in [6.07, 6.45) is 0. The molecule has 2 aromatic carbocycles. The standard InChI is InChI=1S/C17H18ClN3O4.Li.H2O/c18-11-3-6-14(25-8-7-22)13(9-11)15(17(23)24)21-12-4-1-10(2-5-12)16(19)20;;/h1-6,9,15,21-22H,7-8H2,(H3,19,20)(H,23,24);;1H2/q;+1;/p-1. The fourth-order valence-corrected chi connectivity index (χ4v) is 2.40. The van der Waals surface area contributed by atoms with Crippen molar-refractivity contribution in [3.8, 4) is 5.75 Å². The van der Waals surface area contributed by atoms with E-state index in [9.17, 15) is 9.90 Å². The van der Waals surface area contributed by atoms with Crippen molar-refractivity contribution < 1.29 is 44.1 Å². The van der Waals surface area contributed by atoms with E-state index in [1.807, 2.05) is 0 Å². The zero-order valence-electron chi connectivity index (χ0n) is 14.6. The molecule has 140 valence electrons. The van der Waals surface area contributed by atoms with Gasteiger partial charge >= 0.3 is 24.8 Å². The molecule has 0 aliphatic rings. The maximum atomic E-state index is 11.8. The summed E-state index contributed by atoms with van der Waals surface area (Å²) in [6, 6.07) is 10.0. The second-order valence-corrected chi connectivity index (χ2v) is 5.60. The Labute approximate surface area is 173 Å². The first kappa shape index (κ1) is 24.8. The van der Waals surface area contributed by atoms with E-state index in [4.69, 9.17) is 32.6 Å².